The van der Waals surface area contributed by atoms with Gasteiger partial charge in [0.15, 0.2) is 0 Å². The standard InChI is InChI=1S/C9H7ClN2O/c10-5-7-1-3-8(4-2-7)9-11-6-13-12-9/h1-4,6H,5H2. The Labute approximate surface area is 80.3 Å². The molecule has 0 N–H and O–H groups in total. The van der Waals surface area contributed by atoms with Crippen LogP contribution in [0.2, 0.25) is 0 Å². The first-order chi connectivity index (χ1) is 6.40. The minimum atomic E-state index is 0.520. The average Bonchev–Trinajstić information content (AvgIpc) is 2.71. The number of hydrogen-bond donors (Lipinski definition) is 0. The van der Waals surface area contributed by atoms with E-state index in [2.05, 4.69) is 14.7 Å². The van der Waals surface area contributed by atoms with E-state index in [1.165, 1.54) is 6.39 Å². The normalized spacial score (nSPS) is 10.2. The number of rotatable bonds is 2. The average molecular weight is 195 g/mol. The van der Waals surface area contributed by atoms with Gasteiger partial charge in [-0.3, -0.25) is 0 Å². The van der Waals surface area contributed by atoms with Gasteiger partial charge in [-0.05, 0) is 5.56 Å². The monoisotopic (exact) mass is 194 g/mol. The fourth-order valence-corrected chi connectivity index (χ4v) is 1.22. The van der Waals surface area contributed by atoms with E-state index in [1.807, 2.05) is 24.3 Å². The molecule has 0 unspecified atom stereocenters. The maximum Gasteiger partial charge on any atom is 0.214 e. The number of benzene rings is 1. The lowest BCUT2D eigenvalue weighted by atomic mass is 10.1. The molecule has 4 heteroatoms. The molecule has 1 aromatic carbocycles. The third kappa shape index (κ3) is 1.70. The summed E-state index contributed by atoms with van der Waals surface area (Å²) in [4.78, 5) is 3.93. The molecule has 66 valence electrons. The van der Waals surface area contributed by atoms with E-state index in [1.54, 1.807) is 0 Å². The molecule has 0 saturated heterocycles. The molecule has 2 rings (SSSR count). The first-order valence-corrected chi connectivity index (χ1v) is 4.35. The smallest absolute Gasteiger partial charge is 0.214 e. The van der Waals surface area contributed by atoms with E-state index in [9.17, 15) is 0 Å². The van der Waals surface area contributed by atoms with Crippen molar-refractivity contribution >= 4 is 11.6 Å². The van der Waals surface area contributed by atoms with Gasteiger partial charge in [0, 0.05) is 11.4 Å². The van der Waals surface area contributed by atoms with Crippen molar-refractivity contribution in [3.63, 3.8) is 0 Å². The molecule has 1 aromatic heterocycles. The van der Waals surface area contributed by atoms with Gasteiger partial charge in [-0.25, -0.2) is 0 Å². The second-order valence-corrected chi connectivity index (χ2v) is 2.85. The zero-order chi connectivity index (χ0) is 9.10. The summed E-state index contributed by atoms with van der Waals surface area (Å²) in [5.41, 5.74) is 2.01. The predicted molar refractivity (Wildman–Crippen MR) is 49.3 cm³/mol. The Hall–Kier alpha value is -1.35. The zero-order valence-electron chi connectivity index (χ0n) is 6.77. The lowest BCUT2D eigenvalue weighted by Gasteiger charge is -1.96. The molecule has 1 heterocycles. The van der Waals surface area contributed by atoms with E-state index in [0.29, 0.717) is 11.7 Å². The molecule has 0 amide bonds. The Morgan fingerprint density at radius 3 is 2.54 bits per heavy atom. The Kier molecular flexibility index (Phi) is 2.27. The van der Waals surface area contributed by atoms with Crippen molar-refractivity contribution < 1.29 is 4.52 Å². The quantitative estimate of drug-likeness (QED) is 0.690. The maximum atomic E-state index is 5.65. The predicted octanol–water partition coefficient (Wildman–Crippen LogP) is 2.48. The van der Waals surface area contributed by atoms with Crippen LogP contribution in [-0.2, 0) is 5.88 Å². The first kappa shape index (κ1) is 8.26. The van der Waals surface area contributed by atoms with Crippen molar-refractivity contribution in [2.24, 2.45) is 0 Å². The van der Waals surface area contributed by atoms with E-state index in [-0.39, 0.29) is 0 Å². The highest BCUT2D eigenvalue weighted by atomic mass is 35.5. The summed E-state index contributed by atoms with van der Waals surface area (Å²) >= 11 is 5.65. The van der Waals surface area contributed by atoms with Crippen LogP contribution in [-0.4, -0.2) is 10.1 Å². The van der Waals surface area contributed by atoms with Crippen molar-refractivity contribution in [3.8, 4) is 11.4 Å². The second-order valence-electron chi connectivity index (χ2n) is 2.59. The minimum Gasteiger partial charge on any atom is -0.342 e. The van der Waals surface area contributed by atoms with Gasteiger partial charge in [-0.1, -0.05) is 29.4 Å². The van der Waals surface area contributed by atoms with Crippen molar-refractivity contribution in [2.45, 2.75) is 5.88 Å². The van der Waals surface area contributed by atoms with Crippen LogP contribution in [0.4, 0.5) is 0 Å². The number of aromatic nitrogens is 2. The van der Waals surface area contributed by atoms with Gasteiger partial charge >= 0.3 is 0 Å². The molecular formula is C9H7ClN2O. The van der Waals surface area contributed by atoms with Gasteiger partial charge in [0.2, 0.25) is 12.2 Å². The van der Waals surface area contributed by atoms with Crippen LogP contribution in [0, 0.1) is 0 Å². The zero-order valence-corrected chi connectivity index (χ0v) is 7.53. The Morgan fingerprint density at radius 2 is 2.00 bits per heavy atom. The van der Waals surface area contributed by atoms with Crippen molar-refractivity contribution in [3.05, 3.63) is 36.2 Å². The SMILES string of the molecule is ClCc1ccc(-c2ncon2)cc1. The van der Waals surface area contributed by atoms with Gasteiger partial charge in [0.25, 0.3) is 0 Å². The Morgan fingerprint density at radius 1 is 1.23 bits per heavy atom. The molecule has 13 heavy (non-hydrogen) atoms. The number of halogens is 1. The largest absolute Gasteiger partial charge is 0.342 e. The van der Waals surface area contributed by atoms with Crippen LogP contribution in [0.15, 0.2) is 35.2 Å². The highest BCUT2D eigenvalue weighted by Gasteiger charge is 2.01. The van der Waals surface area contributed by atoms with Crippen molar-refractivity contribution in [1.29, 1.82) is 0 Å². The molecule has 2 aromatic rings. The highest BCUT2D eigenvalue weighted by molar-refractivity contribution is 6.17. The van der Waals surface area contributed by atoms with Crippen LogP contribution in [0.1, 0.15) is 5.56 Å². The van der Waals surface area contributed by atoms with Crippen molar-refractivity contribution in [2.75, 3.05) is 0 Å². The topological polar surface area (TPSA) is 38.9 Å². The second kappa shape index (κ2) is 3.58. The van der Waals surface area contributed by atoms with E-state index in [0.717, 1.165) is 11.1 Å². The van der Waals surface area contributed by atoms with Gasteiger partial charge in [-0.2, -0.15) is 4.98 Å². The molecule has 0 aliphatic heterocycles. The summed E-state index contributed by atoms with van der Waals surface area (Å²) in [6.45, 7) is 0. The minimum absolute atomic E-state index is 0.520. The van der Waals surface area contributed by atoms with E-state index >= 15 is 0 Å². The third-order valence-electron chi connectivity index (χ3n) is 1.73. The van der Waals surface area contributed by atoms with Crippen LogP contribution < -0.4 is 0 Å². The third-order valence-corrected chi connectivity index (χ3v) is 2.04. The van der Waals surface area contributed by atoms with Gasteiger partial charge < -0.3 is 4.52 Å². The van der Waals surface area contributed by atoms with E-state index in [4.69, 9.17) is 11.6 Å². The summed E-state index contributed by atoms with van der Waals surface area (Å²) < 4.78 is 4.64. The van der Waals surface area contributed by atoms with E-state index < -0.39 is 0 Å². The molecule has 0 atom stereocenters. The fraction of sp³-hybridized carbons (Fsp3) is 0.111. The van der Waals surface area contributed by atoms with Gasteiger partial charge in [-0.15, -0.1) is 11.6 Å². The summed E-state index contributed by atoms with van der Waals surface area (Å²) in [5, 5.41) is 3.72. The summed E-state index contributed by atoms with van der Waals surface area (Å²) in [6.07, 6.45) is 1.31. The van der Waals surface area contributed by atoms with Crippen LogP contribution >= 0.6 is 11.6 Å². The first-order valence-electron chi connectivity index (χ1n) is 3.82. The Bertz CT molecular complexity index is 369. The van der Waals surface area contributed by atoms with Gasteiger partial charge in [0.05, 0.1) is 0 Å². The van der Waals surface area contributed by atoms with Crippen LogP contribution in [0.3, 0.4) is 0 Å². The molecule has 0 spiro atoms. The van der Waals surface area contributed by atoms with Crippen LogP contribution in [0.5, 0.6) is 0 Å². The fourth-order valence-electron chi connectivity index (χ4n) is 1.04. The lowest BCUT2D eigenvalue weighted by Crippen LogP contribution is -1.81. The Balaban J connectivity index is 2.33. The number of alkyl halides is 1. The van der Waals surface area contributed by atoms with Crippen LogP contribution in [0.25, 0.3) is 11.4 Å². The molecular weight excluding hydrogens is 188 g/mol. The molecule has 0 aliphatic carbocycles. The highest BCUT2D eigenvalue weighted by Crippen LogP contribution is 2.15. The van der Waals surface area contributed by atoms with Crippen molar-refractivity contribution in [1.82, 2.24) is 10.1 Å². The molecule has 0 fully saturated rings. The summed E-state index contributed by atoms with van der Waals surface area (Å²) in [6, 6.07) is 7.72. The summed E-state index contributed by atoms with van der Waals surface area (Å²) in [7, 11) is 0. The molecule has 3 nitrogen and oxygen atoms in total. The maximum absolute atomic E-state index is 5.65. The molecule has 0 bridgehead atoms. The number of hydrogen-bond acceptors (Lipinski definition) is 3. The summed E-state index contributed by atoms with van der Waals surface area (Å²) in [5.74, 6) is 1.12. The number of nitrogens with zero attached hydrogens (tertiary/aromatic N) is 2. The molecule has 0 aliphatic rings. The molecule has 0 radical (unpaired) electrons. The van der Waals surface area contributed by atoms with Gasteiger partial charge in [0.1, 0.15) is 0 Å². The molecule has 0 saturated carbocycles. The lowest BCUT2D eigenvalue weighted by molar-refractivity contribution is 0.419.